The summed E-state index contributed by atoms with van der Waals surface area (Å²) in [6.45, 7) is 5.59. The van der Waals surface area contributed by atoms with Crippen LogP contribution in [-0.2, 0) is 9.53 Å². The van der Waals surface area contributed by atoms with Crippen LogP contribution in [-0.4, -0.2) is 50.7 Å². The third-order valence-electron chi connectivity index (χ3n) is 3.96. The van der Waals surface area contributed by atoms with Crippen molar-refractivity contribution in [3.05, 3.63) is 0 Å². The molecule has 0 radical (unpaired) electrons. The third kappa shape index (κ3) is 2.54. The highest BCUT2D eigenvalue weighted by Gasteiger charge is 2.53. The van der Waals surface area contributed by atoms with Crippen molar-refractivity contribution in [3.63, 3.8) is 0 Å². The minimum absolute atomic E-state index is 0.101. The maximum Gasteiger partial charge on any atom is 0.313 e. The maximum atomic E-state index is 12.3. The minimum atomic E-state index is -0.589. The van der Waals surface area contributed by atoms with E-state index < -0.39 is 17.6 Å². The highest BCUT2D eigenvalue weighted by atomic mass is 127. The van der Waals surface area contributed by atoms with Crippen LogP contribution in [0, 0.1) is 5.92 Å². The van der Waals surface area contributed by atoms with E-state index >= 15 is 0 Å². The van der Waals surface area contributed by atoms with Gasteiger partial charge in [0.15, 0.2) is 0 Å². The summed E-state index contributed by atoms with van der Waals surface area (Å²) in [7, 11) is 2.05. The number of ether oxygens (including phenoxy) is 1. The van der Waals surface area contributed by atoms with E-state index in [0.717, 1.165) is 12.8 Å². The Morgan fingerprint density at radius 1 is 1.33 bits per heavy atom. The maximum absolute atomic E-state index is 12.3. The molecule has 2 heterocycles. The van der Waals surface area contributed by atoms with E-state index in [4.69, 9.17) is 4.74 Å². The van der Waals surface area contributed by atoms with Crippen LogP contribution >= 0.6 is 22.6 Å². The first-order valence-corrected chi connectivity index (χ1v) is 7.74. The number of halogens is 1. The Hall–Kier alpha value is 0.120. The number of alkyl halides is 1. The second-order valence-electron chi connectivity index (χ2n) is 6.37. The number of aliphatic hydroxyl groups is 1. The van der Waals surface area contributed by atoms with Gasteiger partial charge >= 0.3 is 5.97 Å². The molecule has 5 atom stereocenters. The molecule has 2 bridgehead atoms. The van der Waals surface area contributed by atoms with Crippen molar-refractivity contribution in [1.82, 2.24) is 4.90 Å². The normalized spacial score (nSPS) is 40.9. The molecule has 0 aromatic rings. The second kappa shape index (κ2) is 4.90. The van der Waals surface area contributed by atoms with E-state index in [-0.39, 0.29) is 15.9 Å². The van der Waals surface area contributed by atoms with Crippen LogP contribution in [0.15, 0.2) is 0 Å². The van der Waals surface area contributed by atoms with E-state index in [9.17, 15) is 9.90 Å². The quantitative estimate of drug-likeness (QED) is 0.435. The molecule has 2 saturated heterocycles. The first-order chi connectivity index (χ1) is 8.22. The van der Waals surface area contributed by atoms with Crippen LogP contribution in [0.5, 0.6) is 0 Å². The van der Waals surface area contributed by atoms with Crippen LogP contribution < -0.4 is 0 Å². The number of fused-ring (bicyclic) bond motifs is 2. The van der Waals surface area contributed by atoms with Crippen molar-refractivity contribution in [2.24, 2.45) is 5.92 Å². The smallest absolute Gasteiger partial charge is 0.313 e. The predicted octanol–water partition coefficient (Wildman–Crippen LogP) is 1.59. The van der Waals surface area contributed by atoms with Crippen LogP contribution in [0.2, 0.25) is 0 Å². The van der Waals surface area contributed by atoms with Crippen LogP contribution in [0.3, 0.4) is 0 Å². The SMILES string of the molecule is CN1[C@@H]2CC[C@H]1[C@@H](I)[C@H](O)[C@H]2C(=O)OC(C)(C)C. The fraction of sp³-hybridized carbons (Fsp3) is 0.923. The number of hydrogen-bond acceptors (Lipinski definition) is 4. The molecule has 0 aromatic carbocycles. The van der Waals surface area contributed by atoms with Crippen LogP contribution in [0.1, 0.15) is 33.6 Å². The first kappa shape index (κ1) is 14.5. The van der Waals surface area contributed by atoms with Crippen molar-refractivity contribution in [2.45, 2.75) is 61.3 Å². The van der Waals surface area contributed by atoms with Gasteiger partial charge < -0.3 is 9.84 Å². The first-order valence-electron chi connectivity index (χ1n) is 6.49. The second-order valence-corrected chi connectivity index (χ2v) is 7.81. The molecule has 0 amide bonds. The molecule has 2 fully saturated rings. The largest absolute Gasteiger partial charge is 0.460 e. The number of carbonyl (C=O) groups excluding carboxylic acids is 1. The summed E-state index contributed by atoms with van der Waals surface area (Å²) >= 11 is 2.27. The van der Waals surface area contributed by atoms with Gasteiger partial charge in [0.05, 0.1) is 15.9 Å². The molecule has 4 nitrogen and oxygen atoms in total. The molecular formula is C13H22INO3. The predicted molar refractivity (Wildman–Crippen MR) is 77.7 cm³/mol. The lowest BCUT2D eigenvalue weighted by Crippen LogP contribution is -2.58. The van der Waals surface area contributed by atoms with Crippen molar-refractivity contribution < 1.29 is 14.6 Å². The summed E-state index contributed by atoms with van der Waals surface area (Å²) in [6.07, 6.45) is 1.45. The molecule has 0 saturated carbocycles. The van der Waals surface area contributed by atoms with E-state index in [2.05, 4.69) is 34.5 Å². The Morgan fingerprint density at radius 2 is 1.89 bits per heavy atom. The van der Waals surface area contributed by atoms with E-state index in [1.54, 1.807) is 0 Å². The molecule has 104 valence electrons. The summed E-state index contributed by atoms with van der Waals surface area (Å²) in [5, 5.41) is 10.4. The molecule has 5 heteroatoms. The Morgan fingerprint density at radius 3 is 2.44 bits per heavy atom. The average Bonchev–Trinajstić information content (AvgIpc) is 2.50. The van der Waals surface area contributed by atoms with Gasteiger partial charge in [-0.15, -0.1) is 0 Å². The standard InChI is InChI=1S/C13H22INO3/c1-13(2,3)18-12(17)9-7-5-6-8(15(7)4)10(14)11(9)16/h7-11,16H,5-6H2,1-4H3/t7-,8+,9+,10-,11-/m1/s1. The molecule has 2 aliphatic rings. The van der Waals surface area contributed by atoms with Gasteiger partial charge in [-0.25, -0.2) is 0 Å². The van der Waals surface area contributed by atoms with Gasteiger partial charge in [-0.1, -0.05) is 22.6 Å². The highest BCUT2D eigenvalue weighted by molar-refractivity contribution is 14.1. The molecule has 0 spiro atoms. The third-order valence-corrected chi connectivity index (χ3v) is 5.53. The lowest BCUT2D eigenvalue weighted by molar-refractivity contribution is -0.169. The number of nitrogens with zero attached hydrogens (tertiary/aromatic N) is 1. The Labute approximate surface area is 122 Å². The molecule has 0 aromatic heterocycles. The van der Waals surface area contributed by atoms with E-state index in [1.165, 1.54) is 0 Å². The van der Waals surface area contributed by atoms with Gasteiger partial charge in [-0.2, -0.15) is 0 Å². The average molecular weight is 367 g/mol. The molecule has 2 aliphatic heterocycles. The molecule has 0 unspecified atom stereocenters. The van der Waals surface area contributed by atoms with E-state index in [0.29, 0.717) is 6.04 Å². The van der Waals surface area contributed by atoms with Crippen LogP contribution in [0.4, 0.5) is 0 Å². The van der Waals surface area contributed by atoms with E-state index in [1.807, 2.05) is 20.8 Å². The number of carbonyl (C=O) groups is 1. The number of esters is 1. The molecule has 2 rings (SSSR count). The van der Waals surface area contributed by atoms with Crippen molar-refractivity contribution in [1.29, 1.82) is 0 Å². The highest BCUT2D eigenvalue weighted by Crippen LogP contribution is 2.42. The zero-order chi connectivity index (χ0) is 13.7. The summed E-state index contributed by atoms with van der Waals surface area (Å²) in [4.78, 5) is 14.5. The zero-order valence-electron chi connectivity index (χ0n) is 11.4. The number of rotatable bonds is 1. The summed E-state index contributed by atoms with van der Waals surface area (Å²) in [6, 6.07) is 0.523. The van der Waals surface area contributed by atoms with Gasteiger partial charge in [0.1, 0.15) is 5.60 Å². The van der Waals surface area contributed by atoms with Crippen molar-refractivity contribution in [2.75, 3.05) is 7.05 Å². The number of aliphatic hydroxyl groups excluding tert-OH is 1. The molecular weight excluding hydrogens is 345 g/mol. The molecule has 18 heavy (non-hydrogen) atoms. The summed E-state index contributed by atoms with van der Waals surface area (Å²) < 4.78 is 5.57. The lowest BCUT2D eigenvalue weighted by Gasteiger charge is -2.43. The fourth-order valence-electron chi connectivity index (χ4n) is 3.13. The van der Waals surface area contributed by atoms with Gasteiger partial charge in [0.2, 0.25) is 0 Å². The summed E-state index contributed by atoms with van der Waals surface area (Å²) in [5.74, 6) is -0.663. The number of hydrogen-bond donors (Lipinski definition) is 1. The van der Waals surface area contributed by atoms with Gasteiger partial charge in [0.25, 0.3) is 0 Å². The Bertz CT molecular complexity index is 342. The lowest BCUT2D eigenvalue weighted by atomic mass is 9.87. The fourth-order valence-corrected chi connectivity index (χ4v) is 4.45. The zero-order valence-corrected chi connectivity index (χ0v) is 13.5. The van der Waals surface area contributed by atoms with Gasteiger partial charge in [0, 0.05) is 12.1 Å². The monoisotopic (exact) mass is 367 g/mol. The Kier molecular flexibility index (Phi) is 3.96. The Balaban J connectivity index is 2.18. The molecule has 1 N–H and O–H groups in total. The van der Waals surface area contributed by atoms with Crippen molar-refractivity contribution >= 4 is 28.6 Å². The van der Waals surface area contributed by atoms with Gasteiger partial charge in [-0.3, -0.25) is 9.69 Å². The molecule has 0 aliphatic carbocycles. The minimum Gasteiger partial charge on any atom is -0.460 e. The van der Waals surface area contributed by atoms with Crippen LogP contribution in [0.25, 0.3) is 0 Å². The summed E-state index contributed by atoms with van der Waals surface area (Å²) in [5.41, 5.74) is -0.494. The topological polar surface area (TPSA) is 49.8 Å². The van der Waals surface area contributed by atoms with Gasteiger partial charge in [-0.05, 0) is 40.7 Å². The number of piperidine rings is 1. The van der Waals surface area contributed by atoms with Crippen molar-refractivity contribution in [3.8, 4) is 0 Å².